The zero-order valence-corrected chi connectivity index (χ0v) is 12.0. The number of benzene rings is 1. The number of fused-ring (bicyclic) bond motifs is 1. The van der Waals surface area contributed by atoms with Gasteiger partial charge in [0.1, 0.15) is 15.6 Å². The molecule has 2 heterocycles. The van der Waals surface area contributed by atoms with Gasteiger partial charge in [0.25, 0.3) is 5.91 Å². The second-order valence-corrected chi connectivity index (χ2v) is 5.41. The van der Waals surface area contributed by atoms with Crippen LogP contribution in [0.1, 0.15) is 16.6 Å². The van der Waals surface area contributed by atoms with Crippen LogP contribution in [0, 0.1) is 0 Å². The van der Waals surface area contributed by atoms with Crippen LogP contribution in [0.25, 0.3) is 21.7 Å². The third kappa shape index (κ3) is 2.08. The largest absolute Gasteiger partial charge is 0.356 e. The van der Waals surface area contributed by atoms with Gasteiger partial charge in [-0.05, 0) is 19.1 Å². The summed E-state index contributed by atoms with van der Waals surface area (Å²) in [5.74, 6) is -0.0240. The van der Waals surface area contributed by atoms with Gasteiger partial charge in [-0.15, -0.1) is 11.3 Å². The first kappa shape index (κ1) is 12.8. The van der Waals surface area contributed by atoms with Gasteiger partial charge in [0.2, 0.25) is 0 Å². The Hall–Kier alpha value is -2.21. The van der Waals surface area contributed by atoms with Gasteiger partial charge in [0.15, 0.2) is 5.58 Å². The third-order valence-corrected chi connectivity index (χ3v) is 4.11. The fourth-order valence-corrected chi connectivity index (χ4v) is 2.76. The molecule has 0 spiro atoms. The molecule has 6 heteroatoms. The molecule has 1 amide bonds. The van der Waals surface area contributed by atoms with E-state index in [0.717, 1.165) is 11.0 Å². The minimum atomic E-state index is -0.0240. The van der Waals surface area contributed by atoms with Gasteiger partial charge in [-0.1, -0.05) is 17.3 Å². The maximum Gasteiger partial charge on any atom is 0.265 e. The molecule has 0 N–H and O–H groups in total. The predicted molar refractivity (Wildman–Crippen MR) is 77.8 cm³/mol. The van der Waals surface area contributed by atoms with Crippen molar-refractivity contribution in [2.24, 2.45) is 0 Å². The molecule has 20 heavy (non-hydrogen) atoms. The monoisotopic (exact) mass is 287 g/mol. The molecule has 0 atom stereocenters. The van der Waals surface area contributed by atoms with Crippen LogP contribution in [0.5, 0.6) is 0 Å². The van der Waals surface area contributed by atoms with Crippen molar-refractivity contribution in [1.29, 1.82) is 0 Å². The van der Waals surface area contributed by atoms with Crippen molar-refractivity contribution in [3.63, 3.8) is 0 Å². The molecule has 5 nitrogen and oxygen atoms in total. The molecular formula is C14H13N3O2S. The van der Waals surface area contributed by atoms with E-state index in [0.29, 0.717) is 22.1 Å². The minimum absolute atomic E-state index is 0.0240. The van der Waals surface area contributed by atoms with Crippen molar-refractivity contribution in [3.05, 3.63) is 35.3 Å². The lowest BCUT2D eigenvalue weighted by atomic mass is 10.2. The standard InChI is InChI=1S/C14H13N3O2S/c1-3-17(2)14(18)11-8-15-13(20-11)12-9-6-4-5-7-10(9)19-16-12/h4-8H,3H2,1-2H3. The average Bonchev–Trinajstić information content (AvgIpc) is 3.11. The number of nitrogens with zero attached hydrogens (tertiary/aromatic N) is 3. The highest BCUT2D eigenvalue weighted by molar-refractivity contribution is 7.17. The number of thiazole rings is 1. The molecule has 0 fully saturated rings. The highest BCUT2D eigenvalue weighted by Gasteiger charge is 2.18. The molecule has 0 unspecified atom stereocenters. The summed E-state index contributed by atoms with van der Waals surface area (Å²) in [6, 6.07) is 7.61. The van der Waals surface area contributed by atoms with E-state index in [4.69, 9.17) is 4.52 Å². The Morgan fingerprint density at radius 3 is 3.00 bits per heavy atom. The summed E-state index contributed by atoms with van der Waals surface area (Å²) in [5.41, 5.74) is 1.40. The van der Waals surface area contributed by atoms with E-state index >= 15 is 0 Å². The number of carbonyl (C=O) groups excluding carboxylic acids is 1. The van der Waals surface area contributed by atoms with Crippen molar-refractivity contribution in [1.82, 2.24) is 15.0 Å². The van der Waals surface area contributed by atoms with E-state index in [-0.39, 0.29) is 5.91 Å². The summed E-state index contributed by atoms with van der Waals surface area (Å²) < 4.78 is 5.26. The van der Waals surface area contributed by atoms with Gasteiger partial charge in [-0.25, -0.2) is 4.98 Å². The molecule has 1 aromatic carbocycles. The average molecular weight is 287 g/mol. The molecule has 0 bridgehead atoms. The Labute approximate surface area is 119 Å². The van der Waals surface area contributed by atoms with Crippen LogP contribution in [0.15, 0.2) is 35.0 Å². The Bertz CT molecular complexity index is 762. The maximum atomic E-state index is 12.1. The fraction of sp³-hybridized carbons (Fsp3) is 0.214. The minimum Gasteiger partial charge on any atom is -0.356 e. The number of carbonyl (C=O) groups is 1. The molecule has 0 aliphatic heterocycles. The number of para-hydroxylation sites is 1. The van der Waals surface area contributed by atoms with Gasteiger partial charge >= 0.3 is 0 Å². The number of hydrogen-bond acceptors (Lipinski definition) is 5. The molecule has 3 rings (SSSR count). The van der Waals surface area contributed by atoms with Gasteiger partial charge in [0, 0.05) is 13.6 Å². The highest BCUT2D eigenvalue weighted by Crippen LogP contribution is 2.31. The first-order valence-corrected chi connectivity index (χ1v) is 7.08. The summed E-state index contributed by atoms with van der Waals surface area (Å²) >= 11 is 1.33. The Kier molecular flexibility index (Phi) is 3.23. The summed E-state index contributed by atoms with van der Waals surface area (Å²) in [6.45, 7) is 2.60. The van der Waals surface area contributed by atoms with Crippen molar-refractivity contribution in [2.45, 2.75) is 6.92 Å². The van der Waals surface area contributed by atoms with E-state index < -0.39 is 0 Å². The topological polar surface area (TPSA) is 59.2 Å². The molecule has 0 radical (unpaired) electrons. The third-order valence-electron chi connectivity index (χ3n) is 3.12. The Morgan fingerprint density at radius 1 is 1.40 bits per heavy atom. The number of hydrogen-bond donors (Lipinski definition) is 0. The number of aromatic nitrogens is 2. The molecule has 0 aliphatic rings. The van der Waals surface area contributed by atoms with E-state index in [1.807, 2.05) is 31.2 Å². The van der Waals surface area contributed by atoms with Gasteiger partial charge in [0.05, 0.1) is 11.6 Å². The van der Waals surface area contributed by atoms with Crippen molar-refractivity contribution in [3.8, 4) is 10.7 Å². The predicted octanol–water partition coefficient (Wildman–Crippen LogP) is 3.04. The molecule has 0 saturated carbocycles. The molecule has 3 aromatic rings. The van der Waals surface area contributed by atoms with E-state index in [1.165, 1.54) is 11.3 Å². The number of rotatable bonds is 3. The first-order valence-electron chi connectivity index (χ1n) is 6.26. The van der Waals surface area contributed by atoms with Crippen LogP contribution in [-0.4, -0.2) is 34.5 Å². The Morgan fingerprint density at radius 2 is 2.20 bits per heavy atom. The van der Waals surface area contributed by atoms with Crippen molar-refractivity contribution >= 4 is 28.2 Å². The fourth-order valence-electron chi connectivity index (χ4n) is 1.85. The molecular weight excluding hydrogens is 274 g/mol. The van der Waals surface area contributed by atoms with E-state index in [2.05, 4.69) is 10.1 Å². The summed E-state index contributed by atoms with van der Waals surface area (Å²) in [5, 5.41) is 5.66. The van der Waals surface area contributed by atoms with Crippen LogP contribution in [-0.2, 0) is 0 Å². The molecule has 0 aliphatic carbocycles. The van der Waals surface area contributed by atoms with Crippen LogP contribution in [0.4, 0.5) is 0 Å². The normalized spacial score (nSPS) is 10.9. The van der Waals surface area contributed by atoms with Crippen LogP contribution < -0.4 is 0 Å². The van der Waals surface area contributed by atoms with Crippen LogP contribution in [0.3, 0.4) is 0 Å². The lowest BCUT2D eigenvalue weighted by Crippen LogP contribution is -2.25. The SMILES string of the molecule is CCN(C)C(=O)c1cnc(-c2noc3ccccc23)s1. The lowest BCUT2D eigenvalue weighted by Gasteiger charge is -2.11. The molecule has 0 saturated heterocycles. The van der Waals surface area contributed by atoms with Crippen molar-refractivity contribution in [2.75, 3.05) is 13.6 Å². The second kappa shape index (κ2) is 5.05. The zero-order valence-electron chi connectivity index (χ0n) is 11.2. The smallest absolute Gasteiger partial charge is 0.265 e. The van der Waals surface area contributed by atoms with E-state index in [1.54, 1.807) is 18.1 Å². The first-order chi connectivity index (χ1) is 9.70. The summed E-state index contributed by atoms with van der Waals surface area (Å²) in [6.07, 6.45) is 1.60. The van der Waals surface area contributed by atoms with Crippen molar-refractivity contribution < 1.29 is 9.32 Å². The maximum absolute atomic E-state index is 12.1. The van der Waals surface area contributed by atoms with Gasteiger partial charge in [-0.2, -0.15) is 0 Å². The zero-order chi connectivity index (χ0) is 14.1. The molecule has 2 aromatic heterocycles. The quantitative estimate of drug-likeness (QED) is 0.743. The summed E-state index contributed by atoms with van der Waals surface area (Å²) in [4.78, 5) is 18.6. The van der Waals surface area contributed by atoms with E-state index in [9.17, 15) is 4.79 Å². The second-order valence-electron chi connectivity index (χ2n) is 4.38. The van der Waals surface area contributed by atoms with Gasteiger partial charge in [-0.3, -0.25) is 4.79 Å². The molecule has 102 valence electrons. The highest BCUT2D eigenvalue weighted by atomic mass is 32.1. The number of amides is 1. The Balaban J connectivity index is 2.00. The van der Waals surface area contributed by atoms with Crippen LogP contribution in [0.2, 0.25) is 0 Å². The lowest BCUT2D eigenvalue weighted by molar-refractivity contribution is 0.0807. The van der Waals surface area contributed by atoms with Gasteiger partial charge < -0.3 is 9.42 Å². The van der Waals surface area contributed by atoms with Crippen LogP contribution >= 0.6 is 11.3 Å². The summed E-state index contributed by atoms with van der Waals surface area (Å²) in [7, 11) is 1.77.